The minimum Gasteiger partial charge on any atom is -0.485 e. The highest BCUT2D eigenvalue weighted by atomic mass is 32.2. The first-order chi connectivity index (χ1) is 14.1. The van der Waals surface area contributed by atoms with Gasteiger partial charge in [0.2, 0.25) is 5.91 Å². The van der Waals surface area contributed by atoms with Crippen molar-refractivity contribution in [1.29, 1.82) is 0 Å². The molecule has 0 radical (unpaired) electrons. The third-order valence-corrected chi connectivity index (χ3v) is 5.16. The van der Waals surface area contributed by atoms with Gasteiger partial charge >= 0.3 is 0 Å². The smallest absolute Gasteiger partial charge is 0.234 e. The van der Waals surface area contributed by atoms with Gasteiger partial charge in [-0.2, -0.15) is 0 Å². The minimum absolute atomic E-state index is 0.0912. The lowest BCUT2D eigenvalue weighted by atomic mass is 10.2. The second kappa shape index (κ2) is 9.93. The van der Waals surface area contributed by atoms with E-state index in [1.807, 2.05) is 66.9 Å². The number of aromatic nitrogens is 3. The van der Waals surface area contributed by atoms with Gasteiger partial charge < -0.3 is 10.1 Å². The highest BCUT2D eigenvalue weighted by Gasteiger charge is 2.14. The minimum atomic E-state index is -0.0912. The number of ether oxygens (including phenoxy) is 1. The molecular weight excluding hydrogens is 384 g/mol. The molecule has 0 bridgehead atoms. The normalized spacial score (nSPS) is 10.6. The molecule has 2 aromatic carbocycles. The van der Waals surface area contributed by atoms with Gasteiger partial charge in [-0.3, -0.25) is 9.36 Å². The van der Waals surface area contributed by atoms with Crippen molar-refractivity contribution in [2.75, 3.05) is 11.1 Å². The predicted octanol–water partition coefficient (Wildman–Crippen LogP) is 4.39. The molecule has 0 atom stereocenters. The molecule has 29 heavy (non-hydrogen) atoms. The Morgan fingerprint density at radius 3 is 2.79 bits per heavy atom. The summed E-state index contributed by atoms with van der Waals surface area (Å²) in [7, 11) is 0. The number of anilines is 1. The van der Waals surface area contributed by atoms with E-state index in [9.17, 15) is 4.79 Å². The Morgan fingerprint density at radius 1 is 1.21 bits per heavy atom. The van der Waals surface area contributed by atoms with Crippen LogP contribution in [0.15, 0.2) is 66.3 Å². The predicted molar refractivity (Wildman–Crippen MR) is 116 cm³/mol. The Balaban J connectivity index is 1.62. The van der Waals surface area contributed by atoms with Crippen LogP contribution in [0.1, 0.15) is 17.0 Å². The topological polar surface area (TPSA) is 69.0 Å². The van der Waals surface area contributed by atoms with Crippen LogP contribution in [0.25, 0.3) is 0 Å². The second-order valence-corrected chi connectivity index (χ2v) is 7.50. The summed E-state index contributed by atoms with van der Waals surface area (Å²) in [4.78, 5) is 12.3. The Kier molecular flexibility index (Phi) is 7.08. The molecular formula is C22H24N4O2S. The van der Waals surface area contributed by atoms with Crippen molar-refractivity contribution in [3.8, 4) is 5.75 Å². The van der Waals surface area contributed by atoms with Gasteiger partial charge in [-0.05, 0) is 43.2 Å². The lowest BCUT2D eigenvalue weighted by Gasteiger charge is -2.10. The van der Waals surface area contributed by atoms with Crippen LogP contribution in [0, 0.1) is 13.8 Å². The van der Waals surface area contributed by atoms with Crippen molar-refractivity contribution >= 4 is 23.4 Å². The van der Waals surface area contributed by atoms with Crippen molar-refractivity contribution in [1.82, 2.24) is 14.8 Å². The van der Waals surface area contributed by atoms with Crippen molar-refractivity contribution in [2.45, 2.75) is 32.2 Å². The fourth-order valence-electron chi connectivity index (χ4n) is 2.76. The van der Waals surface area contributed by atoms with Crippen molar-refractivity contribution in [3.05, 3.63) is 78.1 Å². The molecule has 0 saturated carbocycles. The SMILES string of the molecule is C=CCn1c(COc2ccccc2C)nnc1SCC(=O)Nc1cccc(C)c1. The largest absolute Gasteiger partial charge is 0.485 e. The van der Waals surface area contributed by atoms with E-state index >= 15 is 0 Å². The van der Waals surface area contributed by atoms with Gasteiger partial charge in [0.1, 0.15) is 12.4 Å². The molecule has 0 unspecified atom stereocenters. The molecule has 1 heterocycles. The monoisotopic (exact) mass is 408 g/mol. The van der Waals surface area contributed by atoms with Gasteiger partial charge in [0.05, 0.1) is 5.75 Å². The first-order valence-corrected chi connectivity index (χ1v) is 10.3. The summed E-state index contributed by atoms with van der Waals surface area (Å²) in [5, 5.41) is 12.0. The van der Waals surface area contributed by atoms with Gasteiger partial charge in [-0.15, -0.1) is 16.8 Å². The summed E-state index contributed by atoms with van der Waals surface area (Å²) in [6.07, 6.45) is 1.78. The quantitative estimate of drug-likeness (QED) is 0.420. The molecule has 3 aromatic rings. The summed E-state index contributed by atoms with van der Waals surface area (Å²) < 4.78 is 7.81. The van der Waals surface area contributed by atoms with Crippen molar-refractivity contribution in [3.63, 3.8) is 0 Å². The maximum absolute atomic E-state index is 12.3. The van der Waals surface area contributed by atoms with Crippen molar-refractivity contribution < 1.29 is 9.53 Å². The first-order valence-electron chi connectivity index (χ1n) is 9.27. The van der Waals surface area contributed by atoms with Gasteiger partial charge in [-0.25, -0.2) is 0 Å². The van der Waals surface area contributed by atoms with Crippen LogP contribution in [-0.4, -0.2) is 26.4 Å². The zero-order chi connectivity index (χ0) is 20.6. The average molecular weight is 409 g/mol. The molecule has 0 aliphatic heterocycles. The Hall–Kier alpha value is -3.06. The van der Waals surface area contributed by atoms with Crippen LogP contribution in [-0.2, 0) is 17.9 Å². The van der Waals surface area contributed by atoms with Gasteiger partial charge in [0, 0.05) is 12.2 Å². The molecule has 0 fully saturated rings. The molecule has 6 nitrogen and oxygen atoms in total. The van der Waals surface area contributed by atoms with E-state index in [0.717, 1.165) is 22.6 Å². The number of allylic oxidation sites excluding steroid dienone is 1. The molecule has 7 heteroatoms. The number of aryl methyl sites for hydroxylation is 2. The van der Waals surface area contributed by atoms with Crippen LogP contribution < -0.4 is 10.1 Å². The highest BCUT2D eigenvalue weighted by Crippen LogP contribution is 2.21. The Labute approximate surface area is 175 Å². The maximum Gasteiger partial charge on any atom is 0.234 e. The number of amides is 1. The highest BCUT2D eigenvalue weighted by molar-refractivity contribution is 7.99. The third-order valence-electron chi connectivity index (χ3n) is 4.19. The summed E-state index contributed by atoms with van der Waals surface area (Å²) in [6.45, 7) is 8.63. The van der Waals surface area contributed by atoms with Gasteiger partial charge in [-0.1, -0.05) is 48.2 Å². The summed E-state index contributed by atoms with van der Waals surface area (Å²) in [5.74, 6) is 1.65. The number of nitrogens with zero attached hydrogens (tertiary/aromatic N) is 3. The van der Waals surface area contributed by atoms with E-state index < -0.39 is 0 Å². The third kappa shape index (κ3) is 5.71. The van der Waals surface area contributed by atoms with Crippen LogP contribution in [0.5, 0.6) is 5.75 Å². The molecule has 0 saturated heterocycles. The molecule has 1 amide bonds. The van der Waals surface area contributed by atoms with Gasteiger partial charge in [0.25, 0.3) is 0 Å². The lowest BCUT2D eigenvalue weighted by Crippen LogP contribution is -2.15. The van der Waals surface area contributed by atoms with Crippen LogP contribution in [0.4, 0.5) is 5.69 Å². The lowest BCUT2D eigenvalue weighted by molar-refractivity contribution is -0.113. The Morgan fingerprint density at radius 2 is 2.03 bits per heavy atom. The number of carbonyl (C=O) groups is 1. The molecule has 1 aromatic heterocycles. The zero-order valence-electron chi connectivity index (χ0n) is 16.6. The van der Waals surface area contributed by atoms with Crippen molar-refractivity contribution in [2.24, 2.45) is 0 Å². The fraction of sp³-hybridized carbons (Fsp3) is 0.227. The molecule has 0 aliphatic carbocycles. The number of nitrogens with one attached hydrogen (secondary N) is 1. The molecule has 0 spiro atoms. The average Bonchev–Trinajstić information content (AvgIpc) is 3.08. The molecule has 1 N–H and O–H groups in total. The number of carbonyl (C=O) groups excluding carboxylic acids is 1. The molecule has 0 aliphatic rings. The first kappa shape index (κ1) is 20.7. The summed E-state index contributed by atoms with van der Waals surface area (Å²) >= 11 is 1.34. The number of para-hydroxylation sites is 1. The Bertz CT molecular complexity index is 1000. The maximum atomic E-state index is 12.3. The summed E-state index contributed by atoms with van der Waals surface area (Å²) in [5.41, 5.74) is 2.94. The number of hydrogen-bond acceptors (Lipinski definition) is 5. The van der Waals surface area contributed by atoms with E-state index in [1.54, 1.807) is 6.08 Å². The van der Waals surface area contributed by atoms with E-state index in [1.165, 1.54) is 11.8 Å². The molecule has 3 rings (SSSR count). The number of rotatable bonds is 9. The van der Waals surface area contributed by atoms with Crippen LogP contribution in [0.3, 0.4) is 0 Å². The van der Waals surface area contributed by atoms with Crippen LogP contribution >= 0.6 is 11.8 Å². The van der Waals surface area contributed by atoms with E-state index in [2.05, 4.69) is 22.1 Å². The van der Waals surface area contributed by atoms with Gasteiger partial charge in [0.15, 0.2) is 11.0 Å². The number of thioether (sulfide) groups is 1. The second-order valence-electron chi connectivity index (χ2n) is 6.56. The standard InChI is InChI=1S/C22H24N4O2S/c1-4-12-26-20(14-28-19-11-6-5-9-17(19)3)24-25-22(26)29-15-21(27)23-18-10-7-8-16(2)13-18/h4-11,13H,1,12,14-15H2,2-3H3,(H,23,27). The molecule has 150 valence electrons. The summed E-state index contributed by atoms with van der Waals surface area (Å²) in [6, 6.07) is 15.5. The number of hydrogen-bond donors (Lipinski definition) is 1. The van der Waals surface area contributed by atoms with E-state index in [-0.39, 0.29) is 11.7 Å². The number of benzene rings is 2. The zero-order valence-corrected chi connectivity index (χ0v) is 17.4. The fourth-order valence-corrected chi connectivity index (χ4v) is 3.52. The van der Waals surface area contributed by atoms with E-state index in [4.69, 9.17) is 4.74 Å². The van der Waals surface area contributed by atoms with Crippen LogP contribution in [0.2, 0.25) is 0 Å². The van der Waals surface area contributed by atoms with E-state index in [0.29, 0.717) is 24.1 Å².